The first-order valence-electron chi connectivity index (χ1n) is 13.3. The summed E-state index contributed by atoms with van der Waals surface area (Å²) >= 11 is 0. The molecule has 11 nitrogen and oxygen atoms in total. The number of imide groups is 1. The van der Waals surface area contributed by atoms with E-state index in [0.29, 0.717) is 49.6 Å². The Morgan fingerprint density at radius 1 is 1.10 bits per heavy atom. The monoisotopic (exact) mass is 545 g/mol. The Hall–Kier alpha value is -4.74. The van der Waals surface area contributed by atoms with Crippen molar-refractivity contribution in [3.8, 4) is 28.4 Å². The number of aromatic amines is 2. The first-order valence-corrected chi connectivity index (χ1v) is 13.3. The Labute approximate surface area is 228 Å². The fourth-order valence-corrected chi connectivity index (χ4v) is 5.43. The van der Waals surface area contributed by atoms with Crippen LogP contribution in [0.5, 0.6) is 5.75 Å². The number of aromatic hydroxyl groups is 1. The van der Waals surface area contributed by atoms with E-state index in [1.807, 2.05) is 25.1 Å². The van der Waals surface area contributed by atoms with Gasteiger partial charge in [-0.2, -0.15) is 5.10 Å². The average Bonchev–Trinajstić information content (AvgIpc) is 3.58. The van der Waals surface area contributed by atoms with E-state index in [0.717, 1.165) is 38.3 Å². The number of fused-ring (bicyclic) bond motifs is 2. The third kappa shape index (κ3) is 4.16. The molecule has 1 fully saturated rings. The van der Waals surface area contributed by atoms with Crippen LogP contribution in [0.3, 0.4) is 0 Å². The molecule has 2 aromatic carbocycles. The molecule has 4 amide bonds. The van der Waals surface area contributed by atoms with Crippen molar-refractivity contribution in [2.75, 3.05) is 26.2 Å². The fraction of sp³-hybridized carbons (Fsp3) is 0.321. The van der Waals surface area contributed by atoms with Gasteiger partial charge in [0.1, 0.15) is 5.69 Å². The maximum atomic E-state index is 14.1. The number of H-pyrrole nitrogens is 2. The molecule has 2 aliphatic rings. The van der Waals surface area contributed by atoms with Gasteiger partial charge in [-0.05, 0) is 54.3 Å². The van der Waals surface area contributed by atoms with Crippen molar-refractivity contribution in [3.05, 3.63) is 53.1 Å². The topological polar surface area (TPSA) is 139 Å². The number of urea groups is 1. The van der Waals surface area contributed by atoms with Crippen LogP contribution in [-0.4, -0.2) is 84.0 Å². The molecule has 2 aromatic heterocycles. The van der Waals surface area contributed by atoms with Gasteiger partial charge in [-0.1, -0.05) is 13.0 Å². The zero-order valence-corrected chi connectivity index (χ0v) is 22.1. The molecule has 0 radical (unpaired) electrons. The van der Waals surface area contributed by atoms with E-state index in [4.69, 9.17) is 4.98 Å². The highest BCUT2D eigenvalue weighted by Gasteiger charge is 2.38. The number of nitrogens with zero attached hydrogens (tertiary/aromatic N) is 5. The summed E-state index contributed by atoms with van der Waals surface area (Å²) in [5, 5.41) is 18.1. The van der Waals surface area contributed by atoms with Crippen molar-refractivity contribution in [1.82, 2.24) is 34.9 Å². The second kappa shape index (κ2) is 9.78. The van der Waals surface area contributed by atoms with Crippen molar-refractivity contribution >= 4 is 28.7 Å². The number of halogens is 1. The first kappa shape index (κ1) is 25.5. The number of nitrogens with one attached hydrogen (secondary N) is 2. The Balaban J connectivity index is 1.24. The number of rotatable bonds is 4. The average molecular weight is 546 g/mol. The van der Waals surface area contributed by atoms with E-state index in [2.05, 4.69) is 15.2 Å². The minimum absolute atomic E-state index is 0.173. The van der Waals surface area contributed by atoms with Gasteiger partial charge in [-0.25, -0.2) is 14.2 Å². The molecule has 0 bridgehead atoms. The highest BCUT2D eigenvalue weighted by molar-refractivity contribution is 6.38. The molecule has 206 valence electrons. The highest BCUT2D eigenvalue weighted by atomic mass is 19.1. The minimum Gasteiger partial charge on any atom is -0.505 e. The lowest BCUT2D eigenvalue weighted by molar-refractivity contribution is -0.153. The predicted molar refractivity (Wildman–Crippen MR) is 144 cm³/mol. The highest BCUT2D eigenvalue weighted by Crippen LogP contribution is 2.34. The van der Waals surface area contributed by atoms with E-state index in [1.165, 1.54) is 17.0 Å². The smallest absolute Gasteiger partial charge is 0.327 e. The molecular formula is C28H28FN7O4. The molecule has 2 aliphatic heterocycles. The number of aromatic nitrogens is 4. The molecule has 0 spiro atoms. The van der Waals surface area contributed by atoms with Crippen molar-refractivity contribution in [1.29, 1.82) is 0 Å². The number of amides is 4. The summed E-state index contributed by atoms with van der Waals surface area (Å²) in [4.78, 5) is 49.9. The van der Waals surface area contributed by atoms with Gasteiger partial charge in [-0.3, -0.25) is 19.6 Å². The van der Waals surface area contributed by atoms with Gasteiger partial charge in [-0.15, -0.1) is 0 Å². The molecule has 40 heavy (non-hydrogen) atoms. The van der Waals surface area contributed by atoms with Crippen LogP contribution in [0.25, 0.3) is 33.5 Å². The summed E-state index contributed by atoms with van der Waals surface area (Å²) in [5.74, 6) is -1.94. The Kier molecular flexibility index (Phi) is 6.24. The lowest BCUT2D eigenvalue weighted by atomic mass is 9.96. The van der Waals surface area contributed by atoms with Gasteiger partial charge >= 0.3 is 17.8 Å². The van der Waals surface area contributed by atoms with Crippen molar-refractivity contribution < 1.29 is 23.9 Å². The molecule has 4 aromatic rings. The lowest BCUT2D eigenvalue weighted by Crippen LogP contribution is -2.59. The number of piperazine rings is 1. The maximum absolute atomic E-state index is 14.1. The molecule has 6 rings (SSSR count). The summed E-state index contributed by atoms with van der Waals surface area (Å²) in [5.41, 5.74) is 5.23. The normalized spacial score (nSPS) is 15.7. The number of likely N-dealkylation sites (N-methyl/N-ethyl adjacent to an activating group) is 1. The quantitative estimate of drug-likeness (QED) is 0.337. The van der Waals surface area contributed by atoms with Gasteiger partial charge in [0.15, 0.2) is 17.4 Å². The Morgan fingerprint density at radius 3 is 2.70 bits per heavy atom. The van der Waals surface area contributed by atoms with Crippen LogP contribution in [0.4, 0.5) is 9.18 Å². The lowest BCUT2D eigenvalue weighted by Gasteiger charge is -2.36. The number of imidazole rings is 1. The number of phenolic OH excluding ortho intramolecular Hbond substituents is 1. The Bertz CT molecular complexity index is 1680. The minimum atomic E-state index is -0.794. The van der Waals surface area contributed by atoms with E-state index >= 15 is 0 Å². The number of hydrogen-bond acceptors (Lipinski definition) is 6. The van der Waals surface area contributed by atoms with E-state index in [9.17, 15) is 23.9 Å². The van der Waals surface area contributed by atoms with Crippen molar-refractivity contribution in [2.24, 2.45) is 0 Å². The molecule has 1 saturated heterocycles. The van der Waals surface area contributed by atoms with Gasteiger partial charge in [0.25, 0.3) is 0 Å². The molecule has 12 heteroatoms. The number of aryl methyl sites for hydroxylation is 1. The van der Waals surface area contributed by atoms with Crippen LogP contribution >= 0.6 is 0 Å². The van der Waals surface area contributed by atoms with Crippen LogP contribution in [0, 0.1) is 5.82 Å². The predicted octanol–water partition coefficient (Wildman–Crippen LogP) is 3.20. The van der Waals surface area contributed by atoms with Gasteiger partial charge < -0.3 is 19.9 Å². The van der Waals surface area contributed by atoms with Crippen LogP contribution in [0.1, 0.15) is 30.8 Å². The van der Waals surface area contributed by atoms with Gasteiger partial charge in [0.2, 0.25) is 0 Å². The summed E-state index contributed by atoms with van der Waals surface area (Å²) in [6, 6.07) is 7.97. The maximum Gasteiger partial charge on any atom is 0.327 e. The number of phenols is 1. The third-order valence-corrected chi connectivity index (χ3v) is 7.68. The fourth-order valence-electron chi connectivity index (χ4n) is 5.43. The molecular weight excluding hydrogens is 517 g/mol. The molecule has 4 heterocycles. The molecule has 3 N–H and O–H groups in total. The van der Waals surface area contributed by atoms with Crippen molar-refractivity contribution in [2.45, 2.75) is 33.2 Å². The van der Waals surface area contributed by atoms with E-state index in [-0.39, 0.29) is 18.8 Å². The summed E-state index contributed by atoms with van der Waals surface area (Å²) < 4.78 is 14.1. The largest absolute Gasteiger partial charge is 0.505 e. The van der Waals surface area contributed by atoms with Crippen LogP contribution in [0.15, 0.2) is 30.3 Å². The molecule has 0 saturated carbocycles. The van der Waals surface area contributed by atoms with Crippen molar-refractivity contribution in [3.63, 3.8) is 0 Å². The summed E-state index contributed by atoms with van der Waals surface area (Å²) in [7, 11) is 0. The second-order valence-electron chi connectivity index (χ2n) is 9.95. The van der Waals surface area contributed by atoms with Crippen LogP contribution < -0.4 is 0 Å². The molecule has 0 unspecified atom stereocenters. The first-order chi connectivity index (χ1) is 19.3. The number of carbonyl (C=O) groups is 3. The molecule has 0 aliphatic carbocycles. The van der Waals surface area contributed by atoms with E-state index in [1.54, 1.807) is 11.8 Å². The van der Waals surface area contributed by atoms with Gasteiger partial charge in [0, 0.05) is 38.0 Å². The SMILES string of the molecule is CCc1cc(O)c(F)cc1-c1ccc2c(-c3nc4c([nH]3)CN(C(=O)N3CCN(CC)C(=O)C3=O)CC4)n[nH]c2c1. The number of carbonyl (C=O) groups excluding carboxylic acids is 3. The van der Waals surface area contributed by atoms with Gasteiger partial charge in [0.05, 0.1) is 23.4 Å². The summed E-state index contributed by atoms with van der Waals surface area (Å²) in [6.45, 7) is 5.27. The van der Waals surface area contributed by atoms with Crippen LogP contribution in [-0.2, 0) is 29.0 Å². The standard InChI is InChI=1S/C28H28FN7O4/c1-3-15-12-23(37)19(29)13-18(15)16-5-6-17-21(11-16)32-33-24(17)25-30-20-7-8-35(14-22(20)31-25)28(40)36-10-9-34(4-2)26(38)27(36)39/h5-6,11-13,37H,3-4,7-10,14H2,1-2H3,(H,30,31)(H,32,33). The van der Waals surface area contributed by atoms with E-state index < -0.39 is 23.7 Å². The summed E-state index contributed by atoms with van der Waals surface area (Å²) in [6.07, 6.45) is 1.12. The Morgan fingerprint density at radius 2 is 1.93 bits per heavy atom. The zero-order chi connectivity index (χ0) is 28.1. The zero-order valence-electron chi connectivity index (χ0n) is 22.1. The molecule has 0 atom stereocenters. The third-order valence-electron chi connectivity index (χ3n) is 7.68. The second-order valence-corrected chi connectivity index (χ2v) is 9.95. The number of hydrogen-bond donors (Lipinski definition) is 3. The number of benzene rings is 2. The van der Waals surface area contributed by atoms with Crippen LogP contribution in [0.2, 0.25) is 0 Å².